The standard InChI is InChI=1S/C15H26N2O/c18-14-4-3-13(11-16-14)17-12-5-9-15(10-6-12)7-1-2-8-15/h12-13,17H,1-11H2,(H,16,18). The fourth-order valence-electron chi connectivity index (χ4n) is 4.23. The van der Waals surface area contributed by atoms with Gasteiger partial charge in [0.25, 0.3) is 0 Å². The molecule has 1 aliphatic heterocycles. The SMILES string of the molecule is O=C1CCC(NC2CCC3(CCCC3)CC2)CN1. The van der Waals surface area contributed by atoms with Crippen LogP contribution in [-0.2, 0) is 4.79 Å². The lowest BCUT2D eigenvalue weighted by Crippen LogP contribution is -2.50. The highest BCUT2D eigenvalue weighted by molar-refractivity contribution is 5.76. The molecule has 2 N–H and O–H groups in total. The van der Waals surface area contributed by atoms with Gasteiger partial charge >= 0.3 is 0 Å². The molecule has 3 rings (SSSR count). The van der Waals surface area contributed by atoms with Crippen molar-refractivity contribution in [2.45, 2.75) is 76.3 Å². The quantitative estimate of drug-likeness (QED) is 0.790. The zero-order valence-electron chi connectivity index (χ0n) is 11.3. The van der Waals surface area contributed by atoms with E-state index in [1.807, 2.05) is 0 Å². The molecule has 0 bridgehead atoms. The van der Waals surface area contributed by atoms with Gasteiger partial charge in [-0.2, -0.15) is 0 Å². The molecule has 18 heavy (non-hydrogen) atoms. The third-order valence-electron chi connectivity index (χ3n) is 5.45. The summed E-state index contributed by atoms with van der Waals surface area (Å²) < 4.78 is 0. The average molecular weight is 250 g/mol. The number of carbonyl (C=O) groups is 1. The molecule has 0 aromatic rings. The fourth-order valence-corrected chi connectivity index (χ4v) is 4.23. The summed E-state index contributed by atoms with van der Waals surface area (Å²) in [7, 11) is 0. The van der Waals surface area contributed by atoms with E-state index in [0.29, 0.717) is 18.5 Å². The molecule has 1 heterocycles. The van der Waals surface area contributed by atoms with Gasteiger partial charge in [-0.1, -0.05) is 12.8 Å². The van der Waals surface area contributed by atoms with Crippen LogP contribution in [0, 0.1) is 5.41 Å². The van der Waals surface area contributed by atoms with Crippen LogP contribution < -0.4 is 10.6 Å². The smallest absolute Gasteiger partial charge is 0.220 e. The minimum absolute atomic E-state index is 0.224. The van der Waals surface area contributed by atoms with Gasteiger partial charge in [0.15, 0.2) is 0 Å². The van der Waals surface area contributed by atoms with Gasteiger partial charge in [0.1, 0.15) is 0 Å². The molecule has 3 aliphatic rings. The van der Waals surface area contributed by atoms with Crippen LogP contribution in [0.15, 0.2) is 0 Å². The second-order valence-corrected chi connectivity index (χ2v) is 6.69. The molecule has 1 atom stereocenters. The fraction of sp³-hybridized carbons (Fsp3) is 0.933. The Morgan fingerprint density at radius 3 is 2.33 bits per heavy atom. The van der Waals surface area contributed by atoms with Crippen LogP contribution in [0.1, 0.15) is 64.2 Å². The molecule has 3 nitrogen and oxygen atoms in total. The normalized spacial score (nSPS) is 32.7. The Kier molecular flexibility index (Phi) is 3.60. The lowest BCUT2D eigenvalue weighted by atomic mass is 9.71. The van der Waals surface area contributed by atoms with Crippen molar-refractivity contribution in [3.63, 3.8) is 0 Å². The average Bonchev–Trinajstić information content (AvgIpc) is 2.84. The Morgan fingerprint density at radius 1 is 1.00 bits per heavy atom. The van der Waals surface area contributed by atoms with Gasteiger partial charge in [-0.05, 0) is 50.4 Å². The Bertz CT molecular complexity index is 290. The lowest BCUT2D eigenvalue weighted by Gasteiger charge is -2.39. The molecule has 1 saturated heterocycles. The molecule has 0 aromatic heterocycles. The van der Waals surface area contributed by atoms with E-state index in [1.165, 1.54) is 51.4 Å². The summed E-state index contributed by atoms with van der Waals surface area (Å²) >= 11 is 0. The number of piperidine rings is 1. The van der Waals surface area contributed by atoms with Crippen molar-refractivity contribution in [1.82, 2.24) is 10.6 Å². The van der Waals surface area contributed by atoms with E-state index in [2.05, 4.69) is 10.6 Å². The number of rotatable bonds is 2. The third-order valence-corrected chi connectivity index (χ3v) is 5.45. The van der Waals surface area contributed by atoms with Crippen molar-refractivity contribution < 1.29 is 4.79 Å². The highest BCUT2D eigenvalue weighted by Gasteiger charge is 2.37. The van der Waals surface area contributed by atoms with Crippen molar-refractivity contribution in [1.29, 1.82) is 0 Å². The first kappa shape index (κ1) is 12.5. The Hall–Kier alpha value is -0.570. The van der Waals surface area contributed by atoms with Gasteiger partial charge in [-0.15, -0.1) is 0 Å². The van der Waals surface area contributed by atoms with Crippen LogP contribution in [0.4, 0.5) is 0 Å². The van der Waals surface area contributed by atoms with Gasteiger partial charge in [0.05, 0.1) is 0 Å². The number of carbonyl (C=O) groups excluding carboxylic acids is 1. The summed E-state index contributed by atoms with van der Waals surface area (Å²) in [5.41, 5.74) is 0.735. The van der Waals surface area contributed by atoms with Gasteiger partial charge < -0.3 is 10.6 Å². The van der Waals surface area contributed by atoms with Crippen molar-refractivity contribution in [2.75, 3.05) is 6.54 Å². The molecule has 1 spiro atoms. The maximum atomic E-state index is 11.1. The first-order valence-corrected chi connectivity index (χ1v) is 7.79. The second kappa shape index (κ2) is 5.20. The maximum absolute atomic E-state index is 11.1. The molecule has 0 radical (unpaired) electrons. The summed E-state index contributed by atoms with van der Waals surface area (Å²) in [4.78, 5) is 11.1. The van der Waals surface area contributed by atoms with Gasteiger partial charge in [-0.3, -0.25) is 4.79 Å². The Labute approximate surface area is 110 Å². The molecular weight excluding hydrogens is 224 g/mol. The maximum Gasteiger partial charge on any atom is 0.220 e. The molecule has 1 amide bonds. The van der Waals surface area contributed by atoms with E-state index in [9.17, 15) is 4.79 Å². The van der Waals surface area contributed by atoms with Crippen molar-refractivity contribution in [3.05, 3.63) is 0 Å². The molecule has 0 aromatic carbocycles. The van der Waals surface area contributed by atoms with Gasteiger partial charge in [0, 0.05) is 25.0 Å². The van der Waals surface area contributed by atoms with E-state index in [0.717, 1.165) is 18.4 Å². The van der Waals surface area contributed by atoms with E-state index in [-0.39, 0.29) is 5.91 Å². The number of hydrogen-bond donors (Lipinski definition) is 2. The Morgan fingerprint density at radius 2 is 1.72 bits per heavy atom. The number of nitrogens with one attached hydrogen (secondary N) is 2. The molecule has 2 saturated carbocycles. The van der Waals surface area contributed by atoms with Crippen LogP contribution in [0.2, 0.25) is 0 Å². The van der Waals surface area contributed by atoms with Crippen LogP contribution >= 0.6 is 0 Å². The number of amides is 1. The summed E-state index contributed by atoms with van der Waals surface area (Å²) in [5.74, 6) is 0.224. The lowest BCUT2D eigenvalue weighted by molar-refractivity contribution is -0.122. The summed E-state index contributed by atoms with van der Waals surface area (Å²) in [6, 6.07) is 1.22. The molecular formula is C15H26N2O. The molecule has 2 aliphatic carbocycles. The predicted octanol–water partition coefficient (Wildman–Crippen LogP) is 2.36. The van der Waals surface area contributed by atoms with E-state index in [1.54, 1.807) is 0 Å². The first-order chi connectivity index (χ1) is 8.76. The second-order valence-electron chi connectivity index (χ2n) is 6.69. The third kappa shape index (κ3) is 2.71. The van der Waals surface area contributed by atoms with Crippen molar-refractivity contribution in [3.8, 4) is 0 Å². The monoisotopic (exact) mass is 250 g/mol. The van der Waals surface area contributed by atoms with Crippen LogP contribution in [0.3, 0.4) is 0 Å². The number of hydrogen-bond acceptors (Lipinski definition) is 2. The Balaban J connectivity index is 1.44. The molecule has 1 unspecified atom stereocenters. The highest BCUT2D eigenvalue weighted by atomic mass is 16.1. The predicted molar refractivity (Wildman–Crippen MR) is 72.3 cm³/mol. The summed E-state index contributed by atoms with van der Waals surface area (Å²) in [6.07, 6.45) is 13.2. The van der Waals surface area contributed by atoms with E-state index >= 15 is 0 Å². The van der Waals surface area contributed by atoms with Crippen LogP contribution in [0.25, 0.3) is 0 Å². The van der Waals surface area contributed by atoms with E-state index in [4.69, 9.17) is 0 Å². The van der Waals surface area contributed by atoms with Crippen molar-refractivity contribution in [2.24, 2.45) is 5.41 Å². The van der Waals surface area contributed by atoms with Gasteiger partial charge in [0.2, 0.25) is 5.91 Å². The largest absolute Gasteiger partial charge is 0.355 e. The van der Waals surface area contributed by atoms with Crippen LogP contribution in [-0.4, -0.2) is 24.5 Å². The summed E-state index contributed by atoms with van der Waals surface area (Å²) in [5, 5.41) is 6.74. The topological polar surface area (TPSA) is 41.1 Å². The minimum Gasteiger partial charge on any atom is -0.355 e. The molecule has 3 fully saturated rings. The van der Waals surface area contributed by atoms with Crippen LogP contribution in [0.5, 0.6) is 0 Å². The zero-order valence-corrected chi connectivity index (χ0v) is 11.3. The first-order valence-electron chi connectivity index (χ1n) is 7.79. The van der Waals surface area contributed by atoms with E-state index < -0.39 is 0 Å². The summed E-state index contributed by atoms with van der Waals surface area (Å²) in [6.45, 7) is 0.834. The van der Waals surface area contributed by atoms with Crippen molar-refractivity contribution >= 4 is 5.91 Å². The minimum atomic E-state index is 0.224. The zero-order chi connectivity index (χ0) is 12.4. The molecule has 102 valence electrons. The molecule has 3 heteroatoms. The van der Waals surface area contributed by atoms with Gasteiger partial charge in [-0.25, -0.2) is 0 Å². The highest BCUT2D eigenvalue weighted by Crippen LogP contribution is 2.48.